The first-order valence-electron chi connectivity index (χ1n) is 5.88. The fourth-order valence-electron chi connectivity index (χ4n) is 1.60. The fraction of sp³-hybridized carbons (Fsp3) is 0.143. The van der Waals surface area contributed by atoms with Crippen LogP contribution in [0.15, 0.2) is 51.8 Å². The molecule has 6 heteroatoms. The average molecular weight is 358 g/mol. The van der Waals surface area contributed by atoms with Gasteiger partial charge in [-0.05, 0) is 42.5 Å². The molecule has 3 nitrogen and oxygen atoms in total. The lowest BCUT2D eigenvalue weighted by atomic mass is 10.3. The van der Waals surface area contributed by atoms with Crippen LogP contribution in [0.25, 0.3) is 0 Å². The van der Waals surface area contributed by atoms with Crippen LogP contribution in [0.1, 0.15) is 0 Å². The van der Waals surface area contributed by atoms with Gasteiger partial charge < -0.3 is 10.5 Å². The topological polar surface area (TPSA) is 52.3 Å². The van der Waals surface area contributed by atoms with E-state index in [1.165, 1.54) is 18.2 Å². The van der Waals surface area contributed by atoms with Crippen LogP contribution in [-0.4, -0.2) is 16.6 Å². The molecule has 0 heterocycles. The third kappa shape index (κ3) is 4.05. The lowest BCUT2D eigenvalue weighted by Gasteiger charge is -2.08. The molecule has 0 spiro atoms. The molecule has 1 unspecified atom stereocenters. The molecular weight excluding hydrogens is 345 g/mol. The van der Waals surface area contributed by atoms with Gasteiger partial charge in [0, 0.05) is 4.47 Å². The van der Waals surface area contributed by atoms with Gasteiger partial charge in [-0.1, -0.05) is 15.9 Å². The second-order valence-corrected chi connectivity index (χ2v) is 6.49. The van der Waals surface area contributed by atoms with Gasteiger partial charge in [0.15, 0.2) is 0 Å². The number of rotatable bonds is 5. The number of nitrogen functional groups attached to an aromatic ring is 1. The first-order chi connectivity index (χ1) is 9.56. The van der Waals surface area contributed by atoms with Gasteiger partial charge in [0.2, 0.25) is 0 Å². The Morgan fingerprint density at radius 2 is 1.90 bits per heavy atom. The predicted molar refractivity (Wildman–Crippen MR) is 81.7 cm³/mol. The highest BCUT2D eigenvalue weighted by Gasteiger charge is 2.09. The van der Waals surface area contributed by atoms with Gasteiger partial charge >= 0.3 is 0 Å². The summed E-state index contributed by atoms with van der Waals surface area (Å²) < 4.78 is 31.4. The molecular formula is C14H13BrFNO2S. The maximum absolute atomic E-state index is 12.9. The summed E-state index contributed by atoms with van der Waals surface area (Å²) in [4.78, 5) is 0.436. The first-order valence-corrected chi connectivity index (χ1v) is 7.99. The molecule has 2 rings (SSSR count). The Balaban J connectivity index is 1.90. The maximum Gasteiger partial charge on any atom is 0.125 e. The van der Waals surface area contributed by atoms with Crippen LogP contribution in [0, 0.1) is 5.82 Å². The standard InChI is InChI=1S/C14H13BrFNO2S/c15-10-1-4-12(5-2-10)19-7-8-20(18)14-6-3-11(16)9-13(14)17/h1-6,9H,7-8,17H2. The van der Waals surface area contributed by atoms with Crippen molar-refractivity contribution in [1.29, 1.82) is 0 Å². The zero-order valence-corrected chi connectivity index (χ0v) is 12.9. The smallest absolute Gasteiger partial charge is 0.125 e. The van der Waals surface area contributed by atoms with Crippen molar-refractivity contribution in [3.63, 3.8) is 0 Å². The van der Waals surface area contributed by atoms with E-state index in [-0.39, 0.29) is 5.69 Å². The molecule has 0 aromatic heterocycles. The average Bonchev–Trinajstić information content (AvgIpc) is 2.41. The molecule has 2 aromatic carbocycles. The number of ether oxygens (including phenoxy) is 1. The minimum absolute atomic E-state index is 0.201. The largest absolute Gasteiger partial charge is 0.493 e. The summed E-state index contributed by atoms with van der Waals surface area (Å²) in [6.45, 7) is 0.297. The highest BCUT2D eigenvalue weighted by molar-refractivity contribution is 9.10. The first kappa shape index (κ1) is 15.0. The normalized spacial score (nSPS) is 12.1. The summed E-state index contributed by atoms with van der Waals surface area (Å²) in [5.41, 5.74) is 5.84. The number of hydrogen-bond acceptors (Lipinski definition) is 3. The zero-order valence-electron chi connectivity index (χ0n) is 10.5. The molecule has 0 aliphatic carbocycles. The summed E-state index contributed by atoms with van der Waals surface area (Å²) in [7, 11) is -1.31. The summed E-state index contributed by atoms with van der Waals surface area (Å²) in [5, 5.41) is 0. The van der Waals surface area contributed by atoms with E-state index < -0.39 is 16.6 Å². The van der Waals surface area contributed by atoms with E-state index in [0.717, 1.165) is 4.47 Å². The van der Waals surface area contributed by atoms with Crippen molar-refractivity contribution < 1.29 is 13.3 Å². The van der Waals surface area contributed by atoms with Gasteiger partial charge in [-0.3, -0.25) is 4.21 Å². The highest BCUT2D eigenvalue weighted by Crippen LogP contribution is 2.19. The SMILES string of the molecule is Nc1cc(F)ccc1S(=O)CCOc1ccc(Br)cc1. The molecule has 0 bridgehead atoms. The summed E-state index contributed by atoms with van der Waals surface area (Å²) in [5.74, 6) is 0.568. The zero-order chi connectivity index (χ0) is 14.5. The molecule has 0 fully saturated rings. The van der Waals surface area contributed by atoms with E-state index in [1.807, 2.05) is 24.3 Å². The molecule has 0 saturated heterocycles. The van der Waals surface area contributed by atoms with Gasteiger partial charge in [-0.15, -0.1) is 0 Å². The summed E-state index contributed by atoms with van der Waals surface area (Å²) in [6, 6.07) is 11.2. The van der Waals surface area contributed by atoms with Gasteiger partial charge in [0.05, 0.1) is 27.1 Å². The minimum Gasteiger partial charge on any atom is -0.493 e. The van der Waals surface area contributed by atoms with Crippen molar-refractivity contribution in [3.05, 3.63) is 52.8 Å². The van der Waals surface area contributed by atoms with E-state index >= 15 is 0 Å². The summed E-state index contributed by atoms with van der Waals surface area (Å²) >= 11 is 3.33. The van der Waals surface area contributed by atoms with Gasteiger partial charge in [-0.25, -0.2) is 4.39 Å². The molecule has 0 amide bonds. The van der Waals surface area contributed by atoms with Crippen LogP contribution < -0.4 is 10.5 Å². The Morgan fingerprint density at radius 1 is 1.20 bits per heavy atom. The fourth-order valence-corrected chi connectivity index (χ4v) is 2.86. The highest BCUT2D eigenvalue weighted by atomic mass is 79.9. The molecule has 1 atom stereocenters. The van der Waals surface area contributed by atoms with Crippen molar-refractivity contribution in [1.82, 2.24) is 0 Å². The van der Waals surface area contributed by atoms with E-state index in [9.17, 15) is 8.60 Å². The molecule has 20 heavy (non-hydrogen) atoms. The van der Waals surface area contributed by atoms with Crippen LogP contribution >= 0.6 is 15.9 Å². The van der Waals surface area contributed by atoms with E-state index in [0.29, 0.717) is 23.0 Å². The number of halogens is 2. The monoisotopic (exact) mass is 357 g/mol. The van der Waals surface area contributed by atoms with Crippen LogP contribution in [0.3, 0.4) is 0 Å². The Morgan fingerprint density at radius 3 is 2.55 bits per heavy atom. The number of anilines is 1. The molecule has 0 radical (unpaired) electrons. The van der Waals surface area contributed by atoms with E-state index in [4.69, 9.17) is 10.5 Å². The van der Waals surface area contributed by atoms with Crippen molar-refractivity contribution in [2.45, 2.75) is 4.90 Å². The Labute approximate surface area is 127 Å². The Hall–Kier alpha value is -1.40. The van der Waals surface area contributed by atoms with Crippen LogP contribution in [0.5, 0.6) is 5.75 Å². The Bertz CT molecular complexity index is 619. The quantitative estimate of drug-likeness (QED) is 0.834. The van der Waals surface area contributed by atoms with Gasteiger partial charge in [0.1, 0.15) is 18.2 Å². The number of nitrogens with two attached hydrogens (primary N) is 1. The van der Waals surface area contributed by atoms with Crippen molar-refractivity contribution in [3.8, 4) is 5.75 Å². The maximum atomic E-state index is 12.9. The van der Waals surface area contributed by atoms with Crippen LogP contribution in [0.4, 0.5) is 10.1 Å². The van der Waals surface area contributed by atoms with Crippen molar-refractivity contribution in [2.75, 3.05) is 18.1 Å². The molecule has 106 valence electrons. The van der Waals surface area contributed by atoms with E-state index in [1.54, 1.807) is 0 Å². The molecule has 0 saturated carbocycles. The molecule has 0 aliphatic heterocycles. The van der Waals surface area contributed by atoms with Crippen LogP contribution in [0.2, 0.25) is 0 Å². The molecule has 0 aliphatic rings. The lowest BCUT2D eigenvalue weighted by Crippen LogP contribution is -2.10. The predicted octanol–water partition coefficient (Wildman–Crippen LogP) is 3.36. The second-order valence-electron chi connectivity index (χ2n) is 4.03. The van der Waals surface area contributed by atoms with Crippen LogP contribution in [-0.2, 0) is 10.8 Å². The molecule has 2 aromatic rings. The van der Waals surface area contributed by atoms with E-state index in [2.05, 4.69) is 15.9 Å². The minimum atomic E-state index is -1.31. The van der Waals surface area contributed by atoms with Crippen molar-refractivity contribution >= 4 is 32.4 Å². The van der Waals surface area contributed by atoms with Gasteiger partial charge in [-0.2, -0.15) is 0 Å². The summed E-state index contributed by atoms with van der Waals surface area (Å²) in [6.07, 6.45) is 0. The number of hydrogen-bond donors (Lipinski definition) is 1. The second kappa shape index (κ2) is 6.85. The van der Waals surface area contributed by atoms with Gasteiger partial charge in [0.25, 0.3) is 0 Å². The van der Waals surface area contributed by atoms with Crippen molar-refractivity contribution in [2.24, 2.45) is 0 Å². The third-order valence-electron chi connectivity index (χ3n) is 2.57. The Kier molecular flexibility index (Phi) is 5.14. The molecule has 2 N–H and O–H groups in total. The lowest BCUT2D eigenvalue weighted by molar-refractivity contribution is 0.342. The number of benzene rings is 2. The third-order valence-corrected chi connectivity index (χ3v) is 4.50.